The molecule has 16 heteroatoms. The number of pyridine rings is 2. The largest absolute Gasteiger partial charge is 0.494 e. The van der Waals surface area contributed by atoms with Gasteiger partial charge in [0.2, 0.25) is 0 Å². The average Bonchev–Trinajstić information content (AvgIpc) is 3.86. The van der Waals surface area contributed by atoms with Crippen molar-refractivity contribution in [2.24, 2.45) is 0 Å². The summed E-state index contributed by atoms with van der Waals surface area (Å²) in [5.74, 6) is -0.726. The lowest BCUT2D eigenvalue weighted by Gasteiger charge is -2.10. The fourth-order valence-corrected chi connectivity index (χ4v) is 8.91. The molecule has 378 valence electrons. The average molecular weight is 997 g/mol. The number of unbranched alkanes of at least 4 members (excludes halogenated alkanes) is 5. The molecule has 8 aromatic rings. The lowest BCUT2D eigenvalue weighted by Crippen LogP contribution is -2.14. The Hall–Kier alpha value is -9.18. The van der Waals surface area contributed by atoms with E-state index in [1.165, 1.54) is 38.5 Å². The Balaban J connectivity index is 0.780. The van der Waals surface area contributed by atoms with E-state index in [-0.39, 0.29) is 57.0 Å². The van der Waals surface area contributed by atoms with E-state index >= 15 is 0 Å². The van der Waals surface area contributed by atoms with Gasteiger partial charge in [-0.3, -0.25) is 19.2 Å². The lowest BCUT2D eigenvalue weighted by atomic mass is 9.98. The number of nitrogen functional groups attached to an aromatic ring is 2. The molecule has 0 aliphatic rings. The third-order valence-corrected chi connectivity index (χ3v) is 12.8. The summed E-state index contributed by atoms with van der Waals surface area (Å²) in [7, 11) is 2.49. The van der Waals surface area contributed by atoms with Crippen LogP contribution < -0.4 is 31.6 Å². The van der Waals surface area contributed by atoms with Crippen LogP contribution in [0.25, 0.3) is 11.0 Å². The van der Waals surface area contributed by atoms with Crippen molar-refractivity contribution in [3.63, 3.8) is 0 Å². The van der Waals surface area contributed by atoms with Crippen LogP contribution in [0.15, 0.2) is 134 Å². The van der Waals surface area contributed by atoms with Gasteiger partial charge in [-0.05, 0) is 124 Å². The number of nitrogens with one attached hydrogen (secondary N) is 2. The zero-order valence-corrected chi connectivity index (χ0v) is 41.5. The molecule has 0 saturated carbocycles. The number of carbonyl (C=O) groups is 6. The fourth-order valence-electron chi connectivity index (χ4n) is 8.91. The maximum atomic E-state index is 13.9. The zero-order chi connectivity index (χ0) is 52.5. The van der Waals surface area contributed by atoms with Gasteiger partial charge in [-0.15, -0.1) is 0 Å². The standard InChI is InChI=1S/C58H56N6O10/c1-35-49(51(65)37-23-25-45(59)43(33-37)57(69)71-3)47-21-9-11-27-63(47)53(35)61-55(67)39-17-15-19-41(31-39)73-29-13-7-5-6-8-14-30-74-42-20-16-18-40(32-42)56(68)62-54-36(2)50(48-22-10-12-28-64(48)54)52(66)38-24-26-46(60)44(34-38)58(70)72-4/h9-12,15-28,31-34H,5-8,13-14,29-30,59-60H2,1-4H3,(H,61,67)(H,62,68). The molecule has 0 radical (unpaired) electrons. The van der Waals surface area contributed by atoms with Gasteiger partial charge in [0.1, 0.15) is 23.1 Å². The second-order valence-electron chi connectivity index (χ2n) is 17.6. The molecular formula is C58H56N6O10. The quantitative estimate of drug-likeness (QED) is 0.0228. The van der Waals surface area contributed by atoms with Crippen LogP contribution in [0.5, 0.6) is 11.5 Å². The second-order valence-corrected chi connectivity index (χ2v) is 17.6. The lowest BCUT2D eigenvalue weighted by molar-refractivity contribution is 0.0593. The van der Waals surface area contributed by atoms with E-state index in [0.29, 0.717) is 80.8 Å². The summed E-state index contributed by atoms with van der Waals surface area (Å²) in [6, 6.07) is 33.7. The molecule has 0 fully saturated rings. The van der Waals surface area contributed by atoms with E-state index in [1.807, 2.05) is 12.1 Å². The smallest absolute Gasteiger partial charge is 0.339 e. The van der Waals surface area contributed by atoms with E-state index in [2.05, 4.69) is 10.6 Å². The summed E-state index contributed by atoms with van der Waals surface area (Å²) in [6.07, 6.45) is 9.15. The van der Waals surface area contributed by atoms with Gasteiger partial charge >= 0.3 is 11.9 Å². The Labute approximate surface area is 427 Å². The highest BCUT2D eigenvalue weighted by molar-refractivity contribution is 6.18. The molecule has 4 aromatic heterocycles. The maximum absolute atomic E-state index is 13.9. The number of fused-ring (bicyclic) bond motifs is 2. The van der Waals surface area contributed by atoms with Gasteiger partial charge in [-0.1, -0.05) is 49.9 Å². The fraction of sp³-hybridized carbons (Fsp3) is 0.207. The van der Waals surface area contributed by atoms with Gasteiger partial charge in [0.25, 0.3) is 11.8 Å². The number of hydrogen-bond acceptors (Lipinski definition) is 12. The third kappa shape index (κ3) is 11.0. The summed E-state index contributed by atoms with van der Waals surface area (Å²) in [4.78, 5) is 79.8. The van der Waals surface area contributed by atoms with Crippen molar-refractivity contribution < 1.29 is 47.7 Å². The number of aromatic nitrogens is 2. The van der Waals surface area contributed by atoms with Crippen LogP contribution in [-0.4, -0.2) is 71.6 Å². The molecule has 74 heavy (non-hydrogen) atoms. The number of ketones is 2. The number of benzene rings is 4. The van der Waals surface area contributed by atoms with E-state index < -0.39 is 11.9 Å². The molecular weight excluding hydrogens is 941 g/mol. The first-order valence-electron chi connectivity index (χ1n) is 24.1. The number of anilines is 4. The van der Waals surface area contributed by atoms with Gasteiger partial charge in [-0.25, -0.2) is 9.59 Å². The first kappa shape index (κ1) is 51.2. The number of ether oxygens (including phenoxy) is 4. The Bertz CT molecular complexity index is 3240. The Morgan fingerprint density at radius 2 is 0.878 bits per heavy atom. The first-order valence-corrected chi connectivity index (χ1v) is 24.1. The van der Waals surface area contributed by atoms with E-state index in [4.69, 9.17) is 30.4 Å². The molecule has 0 atom stereocenters. The van der Waals surface area contributed by atoms with Crippen molar-refractivity contribution in [1.29, 1.82) is 0 Å². The van der Waals surface area contributed by atoms with Crippen LogP contribution in [-0.2, 0) is 9.47 Å². The van der Waals surface area contributed by atoms with Crippen LogP contribution in [0.4, 0.5) is 23.0 Å². The topological polar surface area (TPSA) is 224 Å². The minimum atomic E-state index is -0.651. The summed E-state index contributed by atoms with van der Waals surface area (Å²) < 4.78 is 25.3. The molecule has 0 spiro atoms. The van der Waals surface area contributed by atoms with Gasteiger partial charge in [0.15, 0.2) is 11.6 Å². The number of esters is 2. The minimum Gasteiger partial charge on any atom is -0.494 e. The molecule has 0 aliphatic heterocycles. The van der Waals surface area contributed by atoms with Crippen LogP contribution in [0, 0.1) is 13.8 Å². The van der Waals surface area contributed by atoms with Crippen molar-refractivity contribution in [2.75, 3.05) is 49.5 Å². The number of rotatable bonds is 21. The predicted molar refractivity (Wildman–Crippen MR) is 283 cm³/mol. The molecule has 0 unspecified atom stereocenters. The van der Waals surface area contributed by atoms with Gasteiger partial charge in [-0.2, -0.15) is 0 Å². The number of amides is 2. The monoisotopic (exact) mass is 996 g/mol. The molecule has 0 aliphatic carbocycles. The maximum Gasteiger partial charge on any atom is 0.339 e. The first-order chi connectivity index (χ1) is 35.8. The third-order valence-electron chi connectivity index (χ3n) is 12.8. The summed E-state index contributed by atoms with van der Waals surface area (Å²) >= 11 is 0. The van der Waals surface area contributed by atoms with Crippen LogP contribution in [0.3, 0.4) is 0 Å². The van der Waals surface area contributed by atoms with Gasteiger partial charge in [0, 0.05) is 57.1 Å². The molecule has 0 saturated heterocycles. The van der Waals surface area contributed by atoms with Crippen molar-refractivity contribution in [1.82, 2.24) is 8.80 Å². The predicted octanol–water partition coefficient (Wildman–Crippen LogP) is 10.3. The van der Waals surface area contributed by atoms with E-state index in [0.717, 1.165) is 38.5 Å². The molecule has 8 rings (SSSR count). The molecule has 16 nitrogen and oxygen atoms in total. The number of hydrogen-bond donors (Lipinski definition) is 4. The van der Waals surface area contributed by atoms with Crippen molar-refractivity contribution in [3.8, 4) is 11.5 Å². The van der Waals surface area contributed by atoms with Crippen LogP contribution in [0.1, 0.15) is 123 Å². The summed E-state index contributed by atoms with van der Waals surface area (Å²) in [5.41, 5.74) is 16.8. The van der Waals surface area contributed by atoms with Crippen LogP contribution in [0.2, 0.25) is 0 Å². The van der Waals surface area contributed by atoms with Gasteiger partial charge < -0.3 is 49.8 Å². The molecule has 4 heterocycles. The van der Waals surface area contributed by atoms with Crippen molar-refractivity contribution >= 4 is 69.4 Å². The molecule has 4 aromatic carbocycles. The molecule has 2 amide bonds. The number of carbonyl (C=O) groups excluding carboxylic acids is 6. The number of methoxy groups -OCH3 is 2. The number of nitrogens with two attached hydrogens (primary N) is 2. The normalized spacial score (nSPS) is 11.0. The van der Waals surface area contributed by atoms with E-state index in [9.17, 15) is 28.8 Å². The van der Waals surface area contributed by atoms with E-state index in [1.54, 1.807) is 120 Å². The second kappa shape index (κ2) is 22.9. The molecule has 0 bridgehead atoms. The minimum absolute atomic E-state index is 0.0881. The van der Waals surface area contributed by atoms with Crippen molar-refractivity contribution in [3.05, 3.63) is 189 Å². The highest BCUT2D eigenvalue weighted by Crippen LogP contribution is 2.33. The SMILES string of the molecule is COC(=O)c1cc(C(=O)c2c(C)c(NC(=O)c3cccc(OCCCCCCCCOc4cccc(C(=O)Nc5c(C)c(C(=O)c6ccc(N)c(C(=O)OC)c6)c6ccccn56)c4)c3)n3ccccc23)ccc1N. The number of nitrogens with zero attached hydrogens (tertiary/aromatic N) is 2. The highest BCUT2D eigenvalue weighted by atomic mass is 16.5. The Morgan fingerprint density at radius 1 is 0.473 bits per heavy atom. The Morgan fingerprint density at radius 3 is 1.28 bits per heavy atom. The highest BCUT2D eigenvalue weighted by Gasteiger charge is 2.27. The summed E-state index contributed by atoms with van der Waals surface area (Å²) in [5, 5.41) is 5.99. The van der Waals surface area contributed by atoms with Crippen molar-refractivity contribution in [2.45, 2.75) is 52.4 Å². The Kier molecular flexibility index (Phi) is 15.9. The van der Waals surface area contributed by atoms with Gasteiger partial charge in [0.05, 0.1) is 60.7 Å². The summed E-state index contributed by atoms with van der Waals surface area (Å²) in [6.45, 7) is 4.50. The molecule has 6 N–H and O–H groups in total. The zero-order valence-electron chi connectivity index (χ0n) is 41.5. The van der Waals surface area contributed by atoms with Crippen LogP contribution >= 0.6 is 0 Å².